The molecule has 2 saturated heterocycles. The Morgan fingerprint density at radius 2 is 1.85 bits per heavy atom. The van der Waals surface area contributed by atoms with Crippen LogP contribution in [0.4, 0.5) is 29.2 Å². The third-order valence-electron chi connectivity index (χ3n) is 6.38. The first-order valence-corrected chi connectivity index (χ1v) is 10.5. The maximum Gasteiger partial charge on any atom is 0.419 e. The summed E-state index contributed by atoms with van der Waals surface area (Å²) in [6.07, 6.45) is -4.38. The lowest BCUT2D eigenvalue weighted by Gasteiger charge is -2.59. The Labute approximate surface area is 187 Å². The summed E-state index contributed by atoms with van der Waals surface area (Å²) >= 11 is 0. The SMILES string of the molecule is Cc1nnc(N[C@H](N)c2cccc(C(F)(F)F)c2F)c2cc(N3CC4(CN(C)C4)C3)ncc12. The maximum absolute atomic E-state index is 14.6. The molecule has 3 aromatic rings. The van der Waals surface area contributed by atoms with E-state index in [1.54, 1.807) is 13.1 Å². The molecule has 2 aliphatic heterocycles. The minimum atomic E-state index is -4.82. The first kappa shape index (κ1) is 21.8. The van der Waals surface area contributed by atoms with E-state index in [1.807, 2.05) is 6.07 Å². The quantitative estimate of drug-likeness (QED) is 0.456. The molecule has 0 aliphatic carbocycles. The van der Waals surface area contributed by atoms with E-state index in [9.17, 15) is 17.6 Å². The van der Waals surface area contributed by atoms with Crippen molar-refractivity contribution in [1.29, 1.82) is 0 Å². The van der Waals surface area contributed by atoms with Crippen molar-refractivity contribution in [3.63, 3.8) is 0 Å². The lowest BCUT2D eigenvalue weighted by atomic mass is 9.73. The summed E-state index contributed by atoms with van der Waals surface area (Å²) in [6, 6.07) is 4.89. The largest absolute Gasteiger partial charge is 0.419 e. The molecular weight excluding hydrogens is 438 g/mol. The number of pyridine rings is 1. The molecule has 1 spiro atoms. The molecule has 11 heteroatoms. The van der Waals surface area contributed by atoms with Gasteiger partial charge in [0.2, 0.25) is 0 Å². The fraction of sp³-hybridized carbons (Fsp3) is 0.409. The Morgan fingerprint density at radius 3 is 2.52 bits per heavy atom. The molecule has 33 heavy (non-hydrogen) atoms. The number of benzene rings is 1. The molecule has 7 nitrogen and oxygen atoms in total. The van der Waals surface area contributed by atoms with Gasteiger partial charge in [-0.25, -0.2) is 9.37 Å². The van der Waals surface area contributed by atoms with Gasteiger partial charge in [-0.15, -0.1) is 5.10 Å². The van der Waals surface area contributed by atoms with Gasteiger partial charge in [0.05, 0.1) is 11.3 Å². The standard InChI is InChI=1S/C22H23F4N7/c1-12-15-7-28-17(33-10-21(11-33)8-32(2)9-21)6-14(15)20(31-30-12)29-19(27)13-4-3-5-16(18(13)23)22(24,25)26/h3-7,19H,8-11,27H2,1-2H3,(H,29,31)/t19-/m0/s1. The summed E-state index contributed by atoms with van der Waals surface area (Å²) in [4.78, 5) is 9.02. The van der Waals surface area contributed by atoms with E-state index in [0.29, 0.717) is 22.6 Å². The molecule has 0 bridgehead atoms. The van der Waals surface area contributed by atoms with Crippen LogP contribution >= 0.6 is 0 Å². The smallest absolute Gasteiger partial charge is 0.355 e. The number of anilines is 2. The summed E-state index contributed by atoms with van der Waals surface area (Å²) in [5.41, 5.74) is 5.35. The molecule has 174 valence electrons. The number of aryl methyl sites for hydroxylation is 1. The van der Waals surface area contributed by atoms with Crippen molar-refractivity contribution in [2.45, 2.75) is 19.3 Å². The third kappa shape index (κ3) is 3.74. The van der Waals surface area contributed by atoms with Crippen molar-refractivity contribution in [3.05, 3.63) is 53.1 Å². The van der Waals surface area contributed by atoms with Gasteiger partial charge in [0, 0.05) is 54.1 Å². The number of nitrogens with zero attached hydrogens (tertiary/aromatic N) is 5. The van der Waals surface area contributed by atoms with Crippen LogP contribution in [0.25, 0.3) is 10.8 Å². The van der Waals surface area contributed by atoms with Crippen LogP contribution in [0.3, 0.4) is 0 Å². The molecule has 2 fully saturated rings. The van der Waals surface area contributed by atoms with Crippen molar-refractivity contribution in [1.82, 2.24) is 20.1 Å². The van der Waals surface area contributed by atoms with Gasteiger partial charge in [0.25, 0.3) is 0 Å². The number of hydrogen-bond donors (Lipinski definition) is 2. The van der Waals surface area contributed by atoms with Gasteiger partial charge in [0.1, 0.15) is 17.8 Å². The summed E-state index contributed by atoms with van der Waals surface area (Å²) in [5, 5.41) is 12.5. The van der Waals surface area contributed by atoms with Crippen LogP contribution in [-0.4, -0.2) is 53.3 Å². The number of likely N-dealkylation sites (tertiary alicyclic amines) is 1. The van der Waals surface area contributed by atoms with E-state index in [1.165, 1.54) is 6.07 Å². The number of nitrogens with one attached hydrogen (secondary N) is 1. The Morgan fingerprint density at radius 1 is 1.12 bits per heavy atom. The summed E-state index contributed by atoms with van der Waals surface area (Å²) in [7, 11) is 2.10. The van der Waals surface area contributed by atoms with Crippen molar-refractivity contribution in [2.24, 2.45) is 11.1 Å². The predicted octanol–water partition coefficient (Wildman–Crippen LogP) is 3.31. The van der Waals surface area contributed by atoms with Gasteiger partial charge in [-0.05, 0) is 26.1 Å². The highest BCUT2D eigenvalue weighted by Crippen LogP contribution is 2.41. The van der Waals surface area contributed by atoms with Crippen molar-refractivity contribution in [3.8, 4) is 0 Å². The number of aromatic nitrogens is 3. The molecule has 5 rings (SSSR count). The minimum absolute atomic E-state index is 0.252. The average Bonchev–Trinajstić information content (AvgIpc) is 2.70. The zero-order valence-electron chi connectivity index (χ0n) is 18.1. The van der Waals surface area contributed by atoms with Gasteiger partial charge in [-0.1, -0.05) is 12.1 Å². The molecule has 2 aromatic heterocycles. The lowest BCUT2D eigenvalue weighted by Crippen LogP contribution is -2.71. The van der Waals surface area contributed by atoms with Gasteiger partial charge < -0.3 is 20.9 Å². The topological polar surface area (TPSA) is 83.2 Å². The Balaban J connectivity index is 1.44. The zero-order chi connectivity index (χ0) is 23.5. The number of halogens is 4. The van der Waals surface area contributed by atoms with E-state index in [0.717, 1.165) is 43.4 Å². The average molecular weight is 461 g/mol. The highest BCUT2D eigenvalue weighted by molar-refractivity contribution is 5.94. The second-order valence-electron chi connectivity index (χ2n) is 9.08. The fourth-order valence-electron chi connectivity index (χ4n) is 4.90. The maximum atomic E-state index is 14.6. The summed E-state index contributed by atoms with van der Waals surface area (Å²) in [5.74, 6) is -0.382. The first-order valence-electron chi connectivity index (χ1n) is 10.5. The number of rotatable bonds is 4. The molecule has 0 saturated carbocycles. The fourth-order valence-corrected chi connectivity index (χ4v) is 4.90. The molecule has 0 amide bonds. The van der Waals surface area contributed by atoms with Crippen LogP contribution in [0.5, 0.6) is 0 Å². The Bertz CT molecular complexity index is 1220. The highest BCUT2D eigenvalue weighted by Gasteiger charge is 2.50. The number of alkyl halides is 3. The van der Waals surface area contributed by atoms with Gasteiger partial charge in [-0.3, -0.25) is 0 Å². The van der Waals surface area contributed by atoms with Crippen LogP contribution in [0.2, 0.25) is 0 Å². The number of hydrogen-bond acceptors (Lipinski definition) is 7. The van der Waals surface area contributed by atoms with Gasteiger partial charge in [0.15, 0.2) is 5.82 Å². The molecular formula is C22H23F4N7. The van der Waals surface area contributed by atoms with E-state index in [4.69, 9.17) is 5.73 Å². The van der Waals surface area contributed by atoms with Crippen molar-refractivity contribution < 1.29 is 17.6 Å². The normalized spacial score (nSPS) is 18.8. The van der Waals surface area contributed by atoms with E-state index in [2.05, 4.69) is 37.3 Å². The predicted molar refractivity (Wildman–Crippen MR) is 116 cm³/mol. The van der Waals surface area contributed by atoms with Crippen LogP contribution in [0.1, 0.15) is 23.0 Å². The second-order valence-corrected chi connectivity index (χ2v) is 9.08. The van der Waals surface area contributed by atoms with E-state index in [-0.39, 0.29) is 11.4 Å². The minimum Gasteiger partial charge on any atom is -0.355 e. The number of fused-ring (bicyclic) bond motifs is 1. The van der Waals surface area contributed by atoms with Crippen LogP contribution in [-0.2, 0) is 6.18 Å². The van der Waals surface area contributed by atoms with Crippen LogP contribution in [0.15, 0.2) is 30.5 Å². The van der Waals surface area contributed by atoms with Crippen LogP contribution < -0.4 is 16.0 Å². The Kier molecular flexibility index (Phi) is 4.94. The Hall–Kier alpha value is -3.05. The summed E-state index contributed by atoms with van der Waals surface area (Å²) in [6.45, 7) is 5.73. The van der Waals surface area contributed by atoms with Gasteiger partial charge in [-0.2, -0.15) is 18.3 Å². The monoisotopic (exact) mass is 461 g/mol. The molecule has 2 aliphatic rings. The summed E-state index contributed by atoms with van der Waals surface area (Å²) < 4.78 is 53.9. The van der Waals surface area contributed by atoms with E-state index >= 15 is 0 Å². The molecule has 3 N–H and O–H groups in total. The van der Waals surface area contributed by atoms with Crippen molar-refractivity contribution in [2.75, 3.05) is 43.4 Å². The number of nitrogens with two attached hydrogens (primary N) is 1. The molecule has 0 radical (unpaired) electrons. The lowest BCUT2D eigenvalue weighted by molar-refractivity contribution is -0.140. The van der Waals surface area contributed by atoms with Gasteiger partial charge >= 0.3 is 6.18 Å². The highest BCUT2D eigenvalue weighted by atomic mass is 19.4. The van der Waals surface area contributed by atoms with Crippen LogP contribution in [0, 0.1) is 18.2 Å². The molecule has 0 unspecified atom stereocenters. The molecule has 1 aromatic carbocycles. The molecule has 1 atom stereocenters. The first-order chi connectivity index (χ1) is 15.6. The van der Waals surface area contributed by atoms with E-state index < -0.39 is 23.7 Å². The third-order valence-corrected chi connectivity index (χ3v) is 6.38. The molecule has 4 heterocycles. The second kappa shape index (κ2) is 7.49. The zero-order valence-corrected chi connectivity index (χ0v) is 18.1. The van der Waals surface area contributed by atoms with Crippen molar-refractivity contribution >= 4 is 22.4 Å².